The third-order valence-electron chi connectivity index (χ3n) is 4.88. The highest BCUT2D eigenvalue weighted by molar-refractivity contribution is 5.44. The van der Waals surface area contributed by atoms with E-state index in [0.717, 1.165) is 51.4 Å². The van der Waals surface area contributed by atoms with E-state index in [2.05, 4.69) is 45.1 Å². The van der Waals surface area contributed by atoms with Gasteiger partial charge < -0.3 is 15.0 Å². The summed E-state index contributed by atoms with van der Waals surface area (Å²) in [6.07, 6.45) is 3.39. The van der Waals surface area contributed by atoms with Crippen LogP contribution in [0.2, 0.25) is 0 Å². The van der Waals surface area contributed by atoms with Crippen molar-refractivity contribution in [1.29, 1.82) is 5.26 Å². The minimum Gasteiger partial charge on any atom is -0.459 e. The topological polar surface area (TPSA) is 77.3 Å². The molecule has 2 fully saturated rings. The van der Waals surface area contributed by atoms with Gasteiger partial charge in [0.25, 0.3) is 0 Å². The van der Waals surface area contributed by atoms with Crippen molar-refractivity contribution in [2.45, 2.75) is 38.3 Å². The second kappa shape index (κ2) is 7.77. The number of aromatic nitrogens is 2. The summed E-state index contributed by atoms with van der Waals surface area (Å²) >= 11 is 0. The number of likely N-dealkylation sites (N-methyl/N-ethyl adjacent to an activating group) is 1. The van der Waals surface area contributed by atoms with Gasteiger partial charge in [-0.25, -0.2) is 0 Å². The van der Waals surface area contributed by atoms with Crippen LogP contribution in [0.15, 0.2) is 6.07 Å². The smallest absolute Gasteiger partial charge is 0.319 e. The Morgan fingerprint density at radius 2 is 2.17 bits per heavy atom. The van der Waals surface area contributed by atoms with Crippen LogP contribution < -0.4 is 15.0 Å². The Morgan fingerprint density at radius 3 is 2.92 bits per heavy atom. The van der Waals surface area contributed by atoms with Gasteiger partial charge in [-0.1, -0.05) is 0 Å². The van der Waals surface area contributed by atoms with Crippen LogP contribution in [0.1, 0.15) is 31.9 Å². The van der Waals surface area contributed by atoms with Gasteiger partial charge in [0.05, 0.1) is 0 Å². The number of hydrogen-bond acceptors (Lipinski definition) is 7. The van der Waals surface area contributed by atoms with E-state index in [1.807, 2.05) is 0 Å². The van der Waals surface area contributed by atoms with E-state index in [9.17, 15) is 5.26 Å². The molecule has 1 N–H and O–H groups in total. The molecule has 3 rings (SSSR count). The van der Waals surface area contributed by atoms with Crippen LogP contribution in [0.25, 0.3) is 0 Å². The predicted octanol–water partition coefficient (Wildman–Crippen LogP) is 1.01. The van der Waals surface area contributed by atoms with Gasteiger partial charge in [0.1, 0.15) is 23.7 Å². The molecule has 2 atom stereocenters. The zero-order chi connectivity index (χ0) is 16.9. The van der Waals surface area contributed by atoms with Gasteiger partial charge in [-0.15, -0.1) is 0 Å². The number of likely N-dealkylation sites (tertiary alicyclic amines) is 1. The lowest BCUT2D eigenvalue weighted by Gasteiger charge is -2.26. The first-order valence-corrected chi connectivity index (χ1v) is 8.79. The molecule has 0 unspecified atom stereocenters. The molecular formula is C17H26N6O. The molecule has 7 nitrogen and oxygen atoms in total. The summed E-state index contributed by atoms with van der Waals surface area (Å²) in [5, 5.41) is 12.7. The molecule has 2 aliphatic rings. The fourth-order valence-electron chi connectivity index (χ4n) is 3.53. The molecule has 0 spiro atoms. The molecule has 2 aliphatic heterocycles. The van der Waals surface area contributed by atoms with E-state index < -0.39 is 0 Å². The first-order chi connectivity index (χ1) is 11.7. The summed E-state index contributed by atoms with van der Waals surface area (Å²) < 4.78 is 6.02. The minimum absolute atomic E-state index is 0.00472. The zero-order valence-electron chi connectivity index (χ0n) is 14.5. The van der Waals surface area contributed by atoms with Gasteiger partial charge in [0, 0.05) is 31.7 Å². The summed E-state index contributed by atoms with van der Waals surface area (Å²) in [4.78, 5) is 13.3. The summed E-state index contributed by atoms with van der Waals surface area (Å²) in [6.45, 7) is 6.90. The lowest BCUT2D eigenvalue weighted by molar-refractivity contribution is 0.112. The Kier molecular flexibility index (Phi) is 5.48. The second-order valence-electron chi connectivity index (χ2n) is 6.61. The van der Waals surface area contributed by atoms with Gasteiger partial charge >= 0.3 is 6.01 Å². The van der Waals surface area contributed by atoms with Crippen LogP contribution in [-0.2, 0) is 0 Å². The molecule has 0 aliphatic carbocycles. The van der Waals surface area contributed by atoms with E-state index in [1.54, 1.807) is 6.07 Å². The van der Waals surface area contributed by atoms with E-state index in [1.165, 1.54) is 6.42 Å². The molecule has 0 radical (unpaired) electrons. The van der Waals surface area contributed by atoms with Crippen molar-refractivity contribution in [1.82, 2.24) is 20.2 Å². The molecule has 0 aromatic carbocycles. The largest absolute Gasteiger partial charge is 0.459 e. The van der Waals surface area contributed by atoms with Crippen molar-refractivity contribution >= 4 is 5.82 Å². The van der Waals surface area contributed by atoms with E-state index in [0.29, 0.717) is 17.7 Å². The summed E-state index contributed by atoms with van der Waals surface area (Å²) in [6, 6.07) is 4.58. The summed E-state index contributed by atoms with van der Waals surface area (Å²) in [5.74, 6) is 0.784. The van der Waals surface area contributed by atoms with Crippen molar-refractivity contribution in [3.05, 3.63) is 11.8 Å². The van der Waals surface area contributed by atoms with Gasteiger partial charge in [-0.2, -0.15) is 15.2 Å². The maximum atomic E-state index is 9.29. The van der Waals surface area contributed by atoms with Crippen LogP contribution in [-0.4, -0.2) is 66.8 Å². The average molecular weight is 330 g/mol. The molecule has 7 heteroatoms. The molecule has 2 saturated heterocycles. The Balaban J connectivity index is 1.77. The van der Waals surface area contributed by atoms with Crippen LogP contribution in [0, 0.1) is 11.3 Å². The predicted molar refractivity (Wildman–Crippen MR) is 92.2 cm³/mol. The number of rotatable bonds is 4. The minimum atomic E-state index is 0.00472. The fraction of sp³-hybridized carbons (Fsp3) is 0.706. The number of hydrogen-bond donors (Lipinski definition) is 1. The lowest BCUT2D eigenvalue weighted by Crippen LogP contribution is -2.38. The number of nitrogens with one attached hydrogen (secondary N) is 1. The molecule has 0 saturated carbocycles. The van der Waals surface area contributed by atoms with Gasteiger partial charge in [-0.05, 0) is 46.3 Å². The van der Waals surface area contributed by atoms with Gasteiger partial charge in [-0.3, -0.25) is 4.90 Å². The monoisotopic (exact) mass is 330 g/mol. The molecule has 130 valence electrons. The van der Waals surface area contributed by atoms with E-state index >= 15 is 0 Å². The molecule has 1 aromatic rings. The van der Waals surface area contributed by atoms with Crippen LogP contribution in [0.5, 0.6) is 6.01 Å². The SMILES string of the molecule is C[C@H](Oc1nc(C#N)cc(N2CCCNCC2)n1)[C@@H]1CCCN1C. The normalized spacial score (nSPS) is 23.5. The Labute approximate surface area is 143 Å². The van der Waals surface area contributed by atoms with Gasteiger partial charge in [0.2, 0.25) is 0 Å². The Hall–Kier alpha value is -1.91. The van der Waals surface area contributed by atoms with Gasteiger partial charge in [0.15, 0.2) is 0 Å². The molecule has 24 heavy (non-hydrogen) atoms. The van der Waals surface area contributed by atoms with Crippen LogP contribution >= 0.6 is 0 Å². The first kappa shape index (κ1) is 16.9. The quantitative estimate of drug-likeness (QED) is 0.883. The van der Waals surface area contributed by atoms with Crippen molar-refractivity contribution < 1.29 is 4.74 Å². The number of anilines is 1. The zero-order valence-corrected chi connectivity index (χ0v) is 14.5. The summed E-state index contributed by atoms with van der Waals surface area (Å²) in [7, 11) is 2.12. The van der Waals surface area contributed by atoms with E-state index in [4.69, 9.17) is 4.74 Å². The standard InChI is InChI=1S/C17H26N6O/c1-13(15-5-3-8-22(15)2)24-17-20-14(12-18)11-16(21-17)23-9-4-6-19-7-10-23/h11,13,15,19H,3-10H2,1-2H3/t13-,15-/m0/s1. The Bertz CT molecular complexity index is 593. The fourth-order valence-corrected chi connectivity index (χ4v) is 3.53. The van der Waals surface area contributed by atoms with Crippen molar-refractivity contribution in [3.63, 3.8) is 0 Å². The molecule has 3 heterocycles. The van der Waals surface area contributed by atoms with Crippen LogP contribution in [0.3, 0.4) is 0 Å². The molecular weight excluding hydrogens is 304 g/mol. The lowest BCUT2D eigenvalue weighted by atomic mass is 10.1. The van der Waals surface area contributed by atoms with Crippen molar-refractivity contribution in [2.75, 3.05) is 44.7 Å². The van der Waals surface area contributed by atoms with E-state index in [-0.39, 0.29) is 6.10 Å². The average Bonchev–Trinajstić information content (AvgIpc) is 2.85. The van der Waals surface area contributed by atoms with Crippen molar-refractivity contribution in [3.8, 4) is 12.1 Å². The highest BCUT2D eigenvalue weighted by Gasteiger charge is 2.28. The number of nitrogens with zero attached hydrogens (tertiary/aromatic N) is 5. The maximum absolute atomic E-state index is 9.29. The highest BCUT2D eigenvalue weighted by Crippen LogP contribution is 2.23. The van der Waals surface area contributed by atoms with Crippen LogP contribution in [0.4, 0.5) is 5.82 Å². The number of nitriles is 1. The third-order valence-corrected chi connectivity index (χ3v) is 4.88. The first-order valence-electron chi connectivity index (χ1n) is 8.79. The maximum Gasteiger partial charge on any atom is 0.319 e. The number of ether oxygens (including phenoxy) is 1. The summed E-state index contributed by atoms with van der Waals surface area (Å²) in [5.41, 5.74) is 0.360. The highest BCUT2D eigenvalue weighted by atomic mass is 16.5. The molecule has 0 bridgehead atoms. The molecule has 0 amide bonds. The van der Waals surface area contributed by atoms with Crippen molar-refractivity contribution in [2.24, 2.45) is 0 Å². The third kappa shape index (κ3) is 3.94. The Morgan fingerprint density at radius 1 is 1.29 bits per heavy atom. The molecule has 1 aromatic heterocycles. The second-order valence-corrected chi connectivity index (χ2v) is 6.61.